The average molecular weight is 283 g/mol. The molecule has 19 heavy (non-hydrogen) atoms. The fourth-order valence-corrected chi connectivity index (χ4v) is 3.48. The van der Waals surface area contributed by atoms with Crippen LogP contribution in [0.4, 0.5) is 0 Å². The van der Waals surface area contributed by atoms with Crippen LogP contribution in [-0.4, -0.2) is 65.6 Å². The van der Waals surface area contributed by atoms with Crippen molar-refractivity contribution in [3.8, 4) is 0 Å². The summed E-state index contributed by atoms with van der Waals surface area (Å²) in [5.74, 6) is -0.852. The molecule has 0 saturated carbocycles. The predicted octanol–water partition coefficient (Wildman–Crippen LogP) is 1.19. The zero-order valence-corrected chi connectivity index (χ0v) is 12.5. The van der Waals surface area contributed by atoms with Gasteiger partial charge < -0.3 is 14.9 Å². The first-order valence-corrected chi connectivity index (χ1v) is 7.43. The lowest BCUT2D eigenvalue weighted by molar-refractivity contribution is 0.0701. The van der Waals surface area contributed by atoms with E-state index in [2.05, 4.69) is 28.9 Å². The van der Waals surface area contributed by atoms with Gasteiger partial charge in [0.2, 0.25) is 0 Å². The molecule has 106 valence electrons. The molecule has 6 heteroatoms. The zero-order valence-electron chi connectivity index (χ0n) is 11.7. The van der Waals surface area contributed by atoms with Gasteiger partial charge >= 0.3 is 5.97 Å². The number of aromatic nitrogens is 1. The lowest BCUT2D eigenvalue weighted by Crippen LogP contribution is -2.50. The Balaban J connectivity index is 2.12. The molecule has 0 aromatic carbocycles. The minimum Gasteiger partial charge on any atom is -0.477 e. The number of likely N-dealkylation sites (N-methyl/N-ethyl adjacent to an activating group) is 2. The quantitative estimate of drug-likeness (QED) is 0.899. The Bertz CT molecular complexity index is 461. The van der Waals surface area contributed by atoms with E-state index in [0.717, 1.165) is 36.8 Å². The van der Waals surface area contributed by atoms with E-state index >= 15 is 0 Å². The van der Waals surface area contributed by atoms with Gasteiger partial charge in [0.05, 0.1) is 10.7 Å². The number of aromatic carboxylic acids is 1. The average Bonchev–Trinajstić information content (AvgIpc) is 2.77. The van der Waals surface area contributed by atoms with E-state index in [9.17, 15) is 4.79 Å². The Hall–Kier alpha value is -0.980. The van der Waals surface area contributed by atoms with Crippen LogP contribution in [0.1, 0.15) is 27.3 Å². The van der Waals surface area contributed by atoms with Crippen LogP contribution in [0.5, 0.6) is 0 Å². The van der Waals surface area contributed by atoms with Gasteiger partial charge in [-0.05, 0) is 20.5 Å². The summed E-state index contributed by atoms with van der Waals surface area (Å²) in [5.41, 5.74) is 0.722. The highest BCUT2D eigenvalue weighted by atomic mass is 32.1. The molecule has 1 aliphatic heterocycles. The monoisotopic (exact) mass is 283 g/mol. The SMILES string of the molecule is CCc1nc(CC2CN(C)CCN2C)sc1C(=O)O. The van der Waals surface area contributed by atoms with Gasteiger partial charge in [0.1, 0.15) is 4.88 Å². The number of carbonyl (C=O) groups is 1. The van der Waals surface area contributed by atoms with Crippen molar-refractivity contribution in [2.24, 2.45) is 0 Å². The molecule has 2 rings (SSSR count). The van der Waals surface area contributed by atoms with E-state index in [1.54, 1.807) is 0 Å². The van der Waals surface area contributed by atoms with Crippen LogP contribution in [0.15, 0.2) is 0 Å². The van der Waals surface area contributed by atoms with Crippen molar-refractivity contribution < 1.29 is 9.90 Å². The Labute approximate surface area is 117 Å². The summed E-state index contributed by atoms with van der Waals surface area (Å²) in [6.45, 7) is 5.11. The summed E-state index contributed by atoms with van der Waals surface area (Å²) < 4.78 is 0. The molecule has 1 aromatic rings. The van der Waals surface area contributed by atoms with Crippen LogP contribution in [0.3, 0.4) is 0 Å². The molecule has 1 fully saturated rings. The van der Waals surface area contributed by atoms with Crippen molar-refractivity contribution in [2.75, 3.05) is 33.7 Å². The first-order chi connectivity index (χ1) is 9.01. The first kappa shape index (κ1) is 14.4. The van der Waals surface area contributed by atoms with E-state index in [0.29, 0.717) is 17.3 Å². The smallest absolute Gasteiger partial charge is 0.347 e. The largest absolute Gasteiger partial charge is 0.477 e. The summed E-state index contributed by atoms with van der Waals surface area (Å²) in [6.07, 6.45) is 1.52. The molecule has 1 atom stereocenters. The van der Waals surface area contributed by atoms with Crippen molar-refractivity contribution in [2.45, 2.75) is 25.8 Å². The second kappa shape index (κ2) is 5.98. The molecule has 0 aliphatic carbocycles. The topological polar surface area (TPSA) is 56.7 Å². The van der Waals surface area contributed by atoms with Crippen molar-refractivity contribution in [1.82, 2.24) is 14.8 Å². The molecule has 1 unspecified atom stereocenters. The molecular weight excluding hydrogens is 262 g/mol. The van der Waals surface area contributed by atoms with E-state index in [4.69, 9.17) is 5.11 Å². The molecule has 0 radical (unpaired) electrons. The van der Waals surface area contributed by atoms with Crippen LogP contribution in [0, 0.1) is 0 Å². The van der Waals surface area contributed by atoms with E-state index in [-0.39, 0.29) is 0 Å². The number of hydrogen-bond donors (Lipinski definition) is 1. The summed E-state index contributed by atoms with van der Waals surface area (Å²) in [7, 11) is 4.26. The number of carboxylic acid groups (broad SMARTS) is 1. The molecule has 0 spiro atoms. The second-order valence-electron chi connectivity index (χ2n) is 5.14. The third-order valence-electron chi connectivity index (χ3n) is 3.66. The number of carboxylic acids is 1. The van der Waals surface area contributed by atoms with Crippen LogP contribution >= 0.6 is 11.3 Å². The van der Waals surface area contributed by atoms with Gasteiger partial charge in [0.25, 0.3) is 0 Å². The predicted molar refractivity (Wildman–Crippen MR) is 76.1 cm³/mol. The Kier molecular flexibility index (Phi) is 4.54. The summed E-state index contributed by atoms with van der Waals surface area (Å²) in [6, 6.07) is 0.427. The van der Waals surface area contributed by atoms with Crippen molar-refractivity contribution >= 4 is 17.3 Å². The maximum Gasteiger partial charge on any atom is 0.347 e. The fourth-order valence-electron chi connectivity index (χ4n) is 2.42. The third-order valence-corrected chi connectivity index (χ3v) is 4.77. The second-order valence-corrected chi connectivity index (χ2v) is 6.23. The summed E-state index contributed by atoms with van der Waals surface area (Å²) >= 11 is 1.33. The number of thiazole rings is 1. The molecule has 0 amide bonds. The fraction of sp³-hybridized carbons (Fsp3) is 0.692. The molecule has 1 saturated heterocycles. The van der Waals surface area contributed by atoms with Gasteiger partial charge in [0, 0.05) is 32.1 Å². The first-order valence-electron chi connectivity index (χ1n) is 6.62. The summed E-state index contributed by atoms with van der Waals surface area (Å²) in [4.78, 5) is 20.7. The third kappa shape index (κ3) is 3.32. The van der Waals surface area contributed by atoms with Gasteiger partial charge in [-0.1, -0.05) is 6.92 Å². The van der Waals surface area contributed by atoms with Gasteiger partial charge in [-0.2, -0.15) is 0 Å². The molecular formula is C13H21N3O2S. The Morgan fingerprint density at radius 2 is 2.21 bits per heavy atom. The minimum atomic E-state index is -0.852. The standard InChI is InChI=1S/C13H21N3O2S/c1-4-10-12(13(17)18)19-11(14-10)7-9-8-15(2)5-6-16(9)3/h9H,4-8H2,1-3H3,(H,17,18). The van der Waals surface area contributed by atoms with Crippen LogP contribution < -0.4 is 0 Å². The number of aryl methyl sites for hydroxylation is 1. The highest BCUT2D eigenvalue weighted by molar-refractivity contribution is 7.13. The van der Waals surface area contributed by atoms with Crippen molar-refractivity contribution in [1.29, 1.82) is 0 Å². The Morgan fingerprint density at radius 1 is 1.47 bits per heavy atom. The molecule has 5 nitrogen and oxygen atoms in total. The summed E-state index contributed by atoms with van der Waals surface area (Å²) in [5, 5.41) is 10.1. The normalized spacial score (nSPS) is 21.7. The highest BCUT2D eigenvalue weighted by Crippen LogP contribution is 2.22. The minimum absolute atomic E-state index is 0.407. The molecule has 1 aromatic heterocycles. The number of hydrogen-bond acceptors (Lipinski definition) is 5. The highest BCUT2D eigenvalue weighted by Gasteiger charge is 2.25. The van der Waals surface area contributed by atoms with Gasteiger partial charge in [-0.15, -0.1) is 11.3 Å². The molecule has 2 heterocycles. The van der Waals surface area contributed by atoms with Crippen LogP contribution in [0.25, 0.3) is 0 Å². The molecule has 0 bridgehead atoms. The van der Waals surface area contributed by atoms with Crippen LogP contribution in [0.2, 0.25) is 0 Å². The van der Waals surface area contributed by atoms with Crippen LogP contribution in [-0.2, 0) is 12.8 Å². The number of nitrogens with zero attached hydrogens (tertiary/aromatic N) is 3. The Morgan fingerprint density at radius 3 is 2.79 bits per heavy atom. The number of rotatable bonds is 4. The maximum atomic E-state index is 11.2. The van der Waals surface area contributed by atoms with Gasteiger partial charge in [0.15, 0.2) is 0 Å². The van der Waals surface area contributed by atoms with Gasteiger partial charge in [-0.25, -0.2) is 9.78 Å². The molecule has 1 aliphatic rings. The van der Waals surface area contributed by atoms with E-state index in [1.165, 1.54) is 11.3 Å². The van der Waals surface area contributed by atoms with E-state index in [1.807, 2.05) is 6.92 Å². The van der Waals surface area contributed by atoms with Crippen molar-refractivity contribution in [3.63, 3.8) is 0 Å². The lowest BCUT2D eigenvalue weighted by Gasteiger charge is -2.37. The van der Waals surface area contributed by atoms with E-state index < -0.39 is 5.97 Å². The lowest BCUT2D eigenvalue weighted by atomic mass is 10.1. The molecule has 1 N–H and O–H groups in total. The van der Waals surface area contributed by atoms with Gasteiger partial charge in [-0.3, -0.25) is 0 Å². The maximum absolute atomic E-state index is 11.2. The number of piperazine rings is 1. The zero-order chi connectivity index (χ0) is 14.0. The van der Waals surface area contributed by atoms with Crippen molar-refractivity contribution in [3.05, 3.63) is 15.6 Å².